The summed E-state index contributed by atoms with van der Waals surface area (Å²) < 4.78 is 0. The minimum absolute atomic E-state index is 0.0138. The molecule has 3 nitrogen and oxygen atoms in total. The number of hydrogen-bond acceptors (Lipinski definition) is 3. The lowest BCUT2D eigenvalue weighted by molar-refractivity contribution is -0.296. The van der Waals surface area contributed by atoms with E-state index in [1.165, 1.54) is 25.7 Å². The van der Waals surface area contributed by atoms with Crippen LogP contribution < -0.4 is 0 Å². The van der Waals surface area contributed by atoms with Crippen LogP contribution in [0.1, 0.15) is 65.7 Å². The van der Waals surface area contributed by atoms with Crippen LogP contribution in [0.5, 0.6) is 0 Å². The van der Waals surface area contributed by atoms with E-state index in [9.17, 15) is 4.79 Å². The van der Waals surface area contributed by atoms with Crippen LogP contribution in [-0.2, 0) is 14.6 Å². The van der Waals surface area contributed by atoms with E-state index in [0.717, 1.165) is 19.3 Å². The molecule has 0 bridgehead atoms. The SMILES string of the molecule is C=C(C)C(=O)OOC(CC)CCCCCCC. The van der Waals surface area contributed by atoms with Gasteiger partial charge in [0.1, 0.15) is 6.10 Å². The monoisotopic (exact) mass is 242 g/mol. The van der Waals surface area contributed by atoms with Crippen molar-refractivity contribution in [1.82, 2.24) is 0 Å². The number of unbranched alkanes of at least 4 members (excludes halogenated alkanes) is 4. The molecule has 0 aromatic heterocycles. The highest BCUT2D eigenvalue weighted by Crippen LogP contribution is 2.12. The van der Waals surface area contributed by atoms with Gasteiger partial charge in [-0.25, -0.2) is 4.79 Å². The lowest BCUT2D eigenvalue weighted by Crippen LogP contribution is -2.16. The molecule has 1 atom stereocenters. The first-order valence-corrected chi connectivity index (χ1v) is 6.64. The van der Waals surface area contributed by atoms with E-state index in [-0.39, 0.29) is 6.10 Å². The molecule has 0 aliphatic rings. The summed E-state index contributed by atoms with van der Waals surface area (Å²) >= 11 is 0. The van der Waals surface area contributed by atoms with Gasteiger partial charge in [0.2, 0.25) is 0 Å². The van der Waals surface area contributed by atoms with Crippen molar-refractivity contribution in [3.63, 3.8) is 0 Å². The van der Waals surface area contributed by atoms with Gasteiger partial charge in [0.25, 0.3) is 0 Å². The molecule has 0 aromatic rings. The van der Waals surface area contributed by atoms with Crippen LogP contribution in [0.4, 0.5) is 0 Å². The molecule has 1 unspecified atom stereocenters. The van der Waals surface area contributed by atoms with Gasteiger partial charge in [-0.05, 0) is 19.8 Å². The van der Waals surface area contributed by atoms with Crippen molar-refractivity contribution in [3.8, 4) is 0 Å². The van der Waals surface area contributed by atoms with Crippen molar-refractivity contribution in [2.24, 2.45) is 0 Å². The molecule has 17 heavy (non-hydrogen) atoms. The molecule has 0 aromatic carbocycles. The summed E-state index contributed by atoms with van der Waals surface area (Å²) in [4.78, 5) is 20.9. The molecule has 100 valence electrons. The summed E-state index contributed by atoms with van der Waals surface area (Å²) in [5, 5.41) is 0. The van der Waals surface area contributed by atoms with Crippen molar-refractivity contribution >= 4 is 5.97 Å². The van der Waals surface area contributed by atoms with E-state index < -0.39 is 5.97 Å². The Morgan fingerprint density at radius 2 is 1.82 bits per heavy atom. The number of rotatable bonds is 10. The van der Waals surface area contributed by atoms with Gasteiger partial charge in [-0.2, -0.15) is 4.89 Å². The van der Waals surface area contributed by atoms with E-state index in [0.29, 0.717) is 5.57 Å². The minimum atomic E-state index is -0.477. The largest absolute Gasteiger partial charge is 0.368 e. The molecule has 0 aliphatic carbocycles. The summed E-state index contributed by atoms with van der Waals surface area (Å²) in [6, 6.07) is 0. The van der Waals surface area contributed by atoms with Crippen molar-refractivity contribution in [3.05, 3.63) is 12.2 Å². The van der Waals surface area contributed by atoms with Crippen LogP contribution in [0.3, 0.4) is 0 Å². The summed E-state index contributed by atoms with van der Waals surface area (Å²) in [5.74, 6) is -0.477. The maximum atomic E-state index is 11.1. The molecular formula is C14H26O3. The topological polar surface area (TPSA) is 35.5 Å². The summed E-state index contributed by atoms with van der Waals surface area (Å²) in [7, 11) is 0. The number of carbonyl (C=O) groups excluding carboxylic acids is 1. The predicted octanol–water partition coefficient (Wildman–Crippen LogP) is 4.18. The quantitative estimate of drug-likeness (QED) is 0.249. The van der Waals surface area contributed by atoms with Crippen LogP contribution in [0.25, 0.3) is 0 Å². The Morgan fingerprint density at radius 3 is 2.35 bits per heavy atom. The first-order chi connectivity index (χ1) is 8.11. The third kappa shape index (κ3) is 8.93. The van der Waals surface area contributed by atoms with Crippen molar-refractivity contribution < 1.29 is 14.6 Å². The Bertz CT molecular complexity index is 224. The number of carbonyl (C=O) groups is 1. The molecule has 0 aliphatic heterocycles. The molecule has 0 saturated heterocycles. The zero-order chi connectivity index (χ0) is 13.1. The molecule has 0 saturated carbocycles. The molecule has 0 spiro atoms. The Balaban J connectivity index is 3.62. The van der Waals surface area contributed by atoms with E-state index in [1.807, 2.05) is 6.92 Å². The first kappa shape index (κ1) is 16.2. The summed E-state index contributed by atoms with van der Waals surface area (Å²) in [5.41, 5.74) is 0.364. The molecule has 0 amide bonds. The van der Waals surface area contributed by atoms with Gasteiger partial charge in [0.05, 0.1) is 0 Å². The van der Waals surface area contributed by atoms with Gasteiger partial charge in [-0.1, -0.05) is 52.5 Å². The minimum Gasteiger partial charge on any atom is -0.293 e. The molecular weight excluding hydrogens is 216 g/mol. The Morgan fingerprint density at radius 1 is 1.18 bits per heavy atom. The van der Waals surface area contributed by atoms with Crippen molar-refractivity contribution in [1.29, 1.82) is 0 Å². The molecule has 3 heteroatoms. The second kappa shape index (κ2) is 10.3. The second-order valence-corrected chi connectivity index (χ2v) is 4.48. The molecule has 0 rings (SSSR count). The highest BCUT2D eigenvalue weighted by Gasteiger charge is 2.11. The molecule has 0 N–H and O–H groups in total. The maximum absolute atomic E-state index is 11.1. The normalized spacial score (nSPS) is 12.2. The molecule has 0 fully saturated rings. The van der Waals surface area contributed by atoms with E-state index in [4.69, 9.17) is 9.78 Å². The smallest absolute Gasteiger partial charge is 0.293 e. The fourth-order valence-corrected chi connectivity index (χ4v) is 1.48. The van der Waals surface area contributed by atoms with Gasteiger partial charge in [-0.15, -0.1) is 0 Å². The average Bonchev–Trinajstić information content (AvgIpc) is 2.32. The predicted molar refractivity (Wildman–Crippen MR) is 69.4 cm³/mol. The van der Waals surface area contributed by atoms with Gasteiger partial charge < -0.3 is 0 Å². The van der Waals surface area contributed by atoms with E-state index in [1.54, 1.807) is 6.92 Å². The van der Waals surface area contributed by atoms with Crippen LogP contribution in [-0.4, -0.2) is 12.1 Å². The zero-order valence-corrected chi connectivity index (χ0v) is 11.5. The first-order valence-electron chi connectivity index (χ1n) is 6.64. The lowest BCUT2D eigenvalue weighted by Gasteiger charge is -2.13. The van der Waals surface area contributed by atoms with Crippen molar-refractivity contribution in [2.75, 3.05) is 0 Å². The van der Waals surface area contributed by atoms with Crippen LogP contribution in [0.15, 0.2) is 12.2 Å². The maximum Gasteiger partial charge on any atom is 0.368 e. The highest BCUT2D eigenvalue weighted by molar-refractivity contribution is 5.86. The highest BCUT2D eigenvalue weighted by atomic mass is 17.2. The average molecular weight is 242 g/mol. The second-order valence-electron chi connectivity index (χ2n) is 4.48. The standard InChI is InChI=1S/C14H26O3/c1-5-7-8-9-10-11-13(6-2)16-17-14(15)12(3)4/h13H,3,5-11H2,1-2,4H3. The molecule has 0 radical (unpaired) electrons. The third-order valence-corrected chi connectivity index (χ3v) is 2.69. The Labute approximate surface area is 105 Å². The van der Waals surface area contributed by atoms with E-state index >= 15 is 0 Å². The van der Waals surface area contributed by atoms with Gasteiger partial charge >= 0.3 is 5.97 Å². The lowest BCUT2D eigenvalue weighted by atomic mass is 10.1. The zero-order valence-electron chi connectivity index (χ0n) is 11.5. The summed E-state index contributed by atoms with van der Waals surface area (Å²) in [6.45, 7) is 9.35. The molecule has 0 heterocycles. The third-order valence-electron chi connectivity index (χ3n) is 2.69. The van der Waals surface area contributed by atoms with Gasteiger partial charge in [0.15, 0.2) is 0 Å². The van der Waals surface area contributed by atoms with Gasteiger partial charge in [-0.3, -0.25) is 4.89 Å². The van der Waals surface area contributed by atoms with E-state index in [2.05, 4.69) is 13.5 Å². The Hall–Kier alpha value is -0.830. The van der Waals surface area contributed by atoms with Crippen LogP contribution >= 0.6 is 0 Å². The number of hydrogen-bond donors (Lipinski definition) is 0. The van der Waals surface area contributed by atoms with Crippen LogP contribution in [0.2, 0.25) is 0 Å². The van der Waals surface area contributed by atoms with Crippen molar-refractivity contribution in [2.45, 2.75) is 71.8 Å². The fraction of sp³-hybridized carbons (Fsp3) is 0.786. The van der Waals surface area contributed by atoms with Crippen LogP contribution in [0, 0.1) is 0 Å². The van der Waals surface area contributed by atoms with Gasteiger partial charge in [0, 0.05) is 5.57 Å². The fourth-order valence-electron chi connectivity index (χ4n) is 1.48. The Kier molecular flexibility index (Phi) is 9.83. The summed E-state index contributed by atoms with van der Waals surface area (Å²) in [6.07, 6.45) is 8.00.